The van der Waals surface area contributed by atoms with Crippen LogP contribution in [0.4, 0.5) is 10.7 Å². The molecule has 2 aliphatic rings. The Balaban J connectivity index is 1.75. The Labute approximate surface area is 132 Å². The van der Waals surface area contributed by atoms with Gasteiger partial charge in [-0.1, -0.05) is 0 Å². The van der Waals surface area contributed by atoms with Gasteiger partial charge in [0.15, 0.2) is 0 Å². The van der Waals surface area contributed by atoms with Gasteiger partial charge < -0.3 is 10.6 Å². The van der Waals surface area contributed by atoms with Crippen molar-refractivity contribution in [2.45, 2.75) is 12.8 Å². The largest absolute Gasteiger partial charge is 0.341 e. The molecule has 7 nitrogen and oxygen atoms in total. The Morgan fingerprint density at radius 1 is 1.41 bits per heavy atom. The number of imide groups is 1. The van der Waals surface area contributed by atoms with Crippen molar-refractivity contribution in [2.24, 2.45) is 11.7 Å². The van der Waals surface area contributed by atoms with Gasteiger partial charge in [0.25, 0.3) is 11.1 Å². The number of amides is 2. The van der Waals surface area contributed by atoms with Crippen molar-refractivity contribution >= 4 is 34.9 Å². The van der Waals surface area contributed by atoms with Crippen LogP contribution >= 0.6 is 11.8 Å². The lowest BCUT2D eigenvalue weighted by molar-refractivity contribution is -0.115. The molecule has 0 atom stereocenters. The van der Waals surface area contributed by atoms with Crippen LogP contribution in [-0.4, -0.2) is 40.7 Å². The summed E-state index contributed by atoms with van der Waals surface area (Å²) in [5.41, 5.74) is 6.33. The first-order valence-electron chi connectivity index (χ1n) is 7.18. The second kappa shape index (κ2) is 6.45. The maximum absolute atomic E-state index is 11.6. The summed E-state index contributed by atoms with van der Waals surface area (Å²) in [5.74, 6) is 0.852. The summed E-state index contributed by atoms with van der Waals surface area (Å²) in [4.78, 5) is 34.0. The fourth-order valence-electron chi connectivity index (χ4n) is 2.52. The van der Waals surface area contributed by atoms with Crippen LogP contribution in [-0.2, 0) is 4.79 Å². The molecule has 0 aliphatic carbocycles. The normalized spacial score (nSPS) is 21.5. The molecule has 22 heavy (non-hydrogen) atoms. The highest BCUT2D eigenvalue weighted by molar-refractivity contribution is 8.18. The van der Waals surface area contributed by atoms with E-state index in [1.807, 2.05) is 0 Å². The molecule has 2 amide bonds. The number of hydrogen-bond acceptors (Lipinski definition) is 7. The molecule has 2 fully saturated rings. The van der Waals surface area contributed by atoms with Gasteiger partial charge in [0.1, 0.15) is 0 Å². The van der Waals surface area contributed by atoms with Gasteiger partial charge in [-0.3, -0.25) is 14.9 Å². The summed E-state index contributed by atoms with van der Waals surface area (Å²) < 4.78 is 0. The van der Waals surface area contributed by atoms with E-state index in [9.17, 15) is 9.59 Å². The van der Waals surface area contributed by atoms with Crippen molar-refractivity contribution in [3.63, 3.8) is 0 Å². The van der Waals surface area contributed by atoms with Gasteiger partial charge in [0, 0.05) is 19.3 Å². The maximum atomic E-state index is 11.6. The van der Waals surface area contributed by atoms with Crippen molar-refractivity contribution in [2.75, 3.05) is 24.5 Å². The Morgan fingerprint density at radius 3 is 2.82 bits per heavy atom. The first-order valence-corrected chi connectivity index (χ1v) is 8.00. The molecule has 2 saturated heterocycles. The van der Waals surface area contributed by atoms with Crippen LogP contribution in [0.3, 0.4) is 0 Å². The number of nitrogens with two attached hydrogens (primary N) is 1. The van der Waals surface area contributed by atoms with Gasteiger partial charge in [0.05, 0.1) is 10.6 Å². The number of anilines is 1. The molecule has 0 unspecified atom stereocenters. The summed E-state index contributed by atoms with van der Waals surface area (Å²) in [5, 5.41) is 1.88. The predicted octanol–water partition coefficient (Wildman–Crippen LogP) is 0.976. The van der Waals surface area contributed by atoms with E-state index < -0.39 is 0 Å². The summed E-state index contributed by atoms with van der Waals surface area (Å²) >= 11 is 0.887. The van der Waals surface area contributed by atoms with E-state index >= 15 is 0 Å². The average Bonchev–Trinajstić information content (AvgIpc) is 2.85. The van der Waals surface area contributed by atoms with Gasteiger partial charge >= 0.3 is 0 Å². The Hall–Kier alpha value is -1.93. The molecule has 3 N–H and O–H groups in total. The zero-order valence-corrected chi connectivity index (χ0v) is 12.8. The molecule has 0 radical (unpaired) electrons. The first kappa shape index (κ1) is 15.0. The lowest BCUT2D eigenvalue weighted by Crippen LogP contribution is -2.37. The van der Waals surface area contributed by atoms with E-state index in [2.05, 4.69) is 20.2 Å². The fraction of sp³-hybridized carbons (Fsp3) is 0.429. The van der Waals surface area contributed by atoms with E-state index in [0.29, 0.717) is 22.5 Å². The molecule has 0 bridgehead atoms. The average molecular weight is 319 g/mol. The highest BCUT2D eigenvalue weighted by Crippen LogP contribution is 2.25. The molecule has 0 aromatic carbocycles. The van der Waals surface area contributed by atoms with E-state index in [4.69, 9.17) is 5.73 Å². The molecule has 1 aromatic heterocycles. The lowest BCUT2D eigenvalue weighted by Gasteiger charge is -2.31. The predicted molar refractivity (Wildman–Crippen MR) is 85.1 cm³/mol. The number of nitrogens with zero attached hydrogens (tertiary/aromatic N) is 3. The van der Waals surface area contributed by atoms with E-state index in [1.54, 1.807) is 18.3 Å². The topological polar surface area (TPSA) is 101 Å². The number of rotatable bonds is 3. The molecule has 2 aliphatic heterocycles. The molecule has 0 saturated carbocycles. The minimum Gasteiger partial charge on any atom is -0.341 e. The summed E-state index contributed by atoms with van der Waals surface area (Å²) in [6.45, 7) is 2.49. The standard InChI is InChI=1S/C14H17N5O2S/c15-8-9-2-5-19(6-3-9)13-16-4-1-10(17-13)7-11-12(20)18-14(21)22-11/h1,4,7,9H,2-3,5-6,8,15H2,(H,18,20,21)/b11-7-. The van der Waals surface area contributed by atoms with Gasteiger partial charge in [0.2, 0.25) is 5.95 Å². The van der Waals surface area contributed by atoms with Gasteiger partial charge in [-0.05, 0) is 49.2 Å². The Morgan fingerprint density at radius 2 is 2.18 bits per heavy atom. The monoisotopic (exact) mass is 319 g/mol. The molecule has 3 heterocycles. The number of thioether (sulfide) groups is 1. The summed E-state index contributed by atoms with van der Waals surface area (Å²) in [6, 6.07) is 1.72. The summed E-state index contributed by atoms with van der Waals surface area (Å²) in [6.07, 6.45) is 5.36. The van der Waals surface area contributed by atoms with Crippen LogP contribution < -0.4 is 16.0 Å². The van der Waals surface area contributed by atoms with Crippen molar-refractivity contribution in [1.29, 1.82) is 0 Å². The van der Waals surface area contributed by atoms with Crippen LogP contribution in [0.5, 0.6) is 0 Å². The number of nitrogens with one attached hydrogen (secondary N) is 1. The number of carbonyl (C=O) groups excluding carboxylic acids is 2. The molecule has 116 valence electrons. The number of carbonyl (C=O) groups is 2. The highest BCUT2D eigenvalue weighted by Gasteiger charge is 2.25. The molecule has 1 aromatic rings. The van der Waals surface area contributed by atoms with Crippen molar-refractivity contribution < 1.29 is 9.59 Å². The molecular weight excluding hydrogens is 302 g/mol. The van der Waals surface area contributed by atoms with Gasteiger partial charge in [-0.25, -0.2) is 9.97 Å². The van der Waals surface area contributed by atoms with Crippen LogP contribution in [0.1, 0.15) is 18.5 Å². The number of aromatic nitrogens is 2. The van der Waals surface area contributed by atoms with Gasteiger partial charge in [-0.15, -0.1) is 0 Å². The third-order valence-electron chi connectivity index (χ3n) is 3.82. The molecule has 3 rings (SSSR count). The SMILES string of the molecule is NCC1CCN(c2nccc(/C=C3\SC(=O)NC3=O)n2)CC1. The number of hydrogen-bond donors (Lipinski definition) is 2. The highest BCUT2D eigenvalue weighted by atomic mass is 32.2. The lowest BCUT2D eigenvalue weighted by atomic mass is 9.97. The van der Waals surface area contributed by atoms with E-state index in [0.717, 1.165) is 44.2 Å². The minimum atomic E-state index is -0.376. The van der Waals surface area contributed by atoms with Crippen molar-refractivity contribution in [1.82, 2.24) is 15.3 Å². The Kier molecular flexibility index (Phi) is 4.39. The third-order valence-corrected chi connectivity index (χ3v) is 4.63. The number of piperidine rings is 1. The van der Waals surface area contributed by atoms with Crippen LogP contribution in [0, 0.1) is 5.92 Å². The molecule has 8 heteroatoms. The van der Waals surface area contributed by atoms with Crippen molar-refractivity contribution in [3.05, 3.63) is 22.9 Å². The zero-order chi connectivity index (χ0) is 15.5. The summed E-state index contributed by atoms with van der Waals surface area (Å²) in [7, 11) is 0. The third kappa shape index (κ3) is 3.28. The quantitative estimate of drug-likeness (QED) is 0.801. The van der Waals surface area contributed by atoms with Crippen LogP contribution in [0.25, 0.3) is 6.08 Å². The maximum Gasteiger partial charge on any atom is 0.290 e. The fourth-order valence-corrected chi connectivity index (χ4v) is 3.19. The second-order valence-electron chi connectivity index (χ2n) is 5.30. The van der Waals surface area contributed by atoms with Crippen LogP contribution in [0.15, 0.2) is 17.2 Å². The van der Waals surface area contributed by atoms with Crippen molar-refractivity contribution in [3.8, 4) is 0 Å². The van der Waals surface area contributed by atoms with E-state index in [-0.39, 0.29) is 11.1 Å². The van der Waals surface area contributed by atoms with E-state index in [1.165, 1.54) is 0 Å². The zero-order valence-electron chi connectivity index (χ0n) is 12.0. The minimum absolute atomic E-state index is 0.352. The second-order valence-corrected chi connectivity index (χ2v) is 6.31. The molecule has 0 spiro atoms. The first-order chi connectivity index (χ1) is 10.7. The molecular formula is C14H17N5O2S. The smallest absolute Gasteiger partial charge is 0.290 e. The van der Waals surface area contributed by atoms with Gasteiger partial charge in [-0.2, -0.15) is 0 Å². The Bertz CT molecular complexity index is 625. The van der Waals surface area contributed by atoms with Crippen LogP contribution in [0.2, 0.25) is 0 Å².